The van der Waals surface area contributed by atoms with E-state index in [4.69, 9.17) is 11.5 Å². The molecule has 0 spiro atoms. The van der Waals surface area contributed by atoms with Crippen LogP contribution >= 0.6 is 0 Å². The summed E-state index contributed by atoms with van der Waals surface area (Å²) in [5.74, 6) is -0.611. The molecule has 0 aliphatic heterocycles. The zero-order valence-corrected chi connectivity index (χ0v) is 10.1. The summed E-state index contributed by atoms with van der Waals surface area (Å²) in [4.78, 5) is 11.1. The topological polar surface area (TPSA) is 81.1 Å². The second-order valence-electron chi connectivity index (χ2n) is 4.39. The minimum absolute atomic E-state index is 0.0596. The molecule has 4 nitrogen and oxygen atoms in total. The second kappa shape index (κ2) is 5.52. The Kier molecular flexibility index (Phi) is 4.31. The van der Waals surface area contributed by atoms with Crippen LogP contribution in [0.3, 0.4) is 0 Å². The van der Waals surface area contributed by atoms with Gasteiger partial charge in [0.15, 0.2) is 0 Å². The molecule has 0 atom stereocenters. The van der Waals surface area contributed by atoms with Crippen LogP contribution in [0.4, 0.5) is 15.8 Å². The van der Waals surface area contributed by atoms with Crippen molar-refractivity contribution in [3.8, 4) is 0 Å². The van der Waals surface area contributed by atoms with Crippen LogP contribution in [-0.4, -0.2) is 12.5 Å². The number of rotatable bonds is 5. The molecular formula is C12H18FN3O. The molecule has 0 heterocycles. The van der Waals surface area contributed by atoms with E-state index < -0.39 is 11.7 Å². The average molecular weight is 239 g/mol. The van der Waals surface area contributed by atoms with Gasteiger partial charge in [-0.15, -0.1) is 0 Å². The maximum absolute atomic E-state index is 13.5. The molecule has 5 N–H and O–H groups in total. The van der Waals surface area contributed by atoms with Crippen molar-refractivity contribution in [2.24, 2.45) is 11.7 Å². The number of anilines is 2. The molecule has 1 aromatic rings. The van der Waals surface area contributed by atoms with E-state index in [-0.39, 0.29) is 16.9 Å². The molecule has 1 aromatic carbocycles. The van der Waals surface area contributed by atoms with Gasteiger partial charge in [-0.05, 0) is 24.5 Å². The monoisotopic (exact) mass is 239 g/mol. The first kappa shape index (κ1) is 13.3. The number of carbonyl (C=O) groups is 1. The Bertz CT molecular complexity index is 418. The summed E-state index contributed by atoms with van der Waals surface area (Å²) in [6, 6.07) is 2.46. The van der Waals surface area contributed by atoms with Crippen LogP contribution in [0.25, 0.3) is 0 Å². The average Bonchev–Trinajstić information content (AvgIpc) is 2.20. The fraction of sp³-hybridized carbons (Fsp3) is 0.417. The molecule has 0 aromatic heterocycles. The zero-order valence-electron chi connectivity index (χ0n) is 10.1. The van der Waals surface area contributed by atoms with Crippen molar-refractivity contribution >= 4 is 17.3 Å². The summed E-state index contributed by atoms with van der Waals surface area (Å²) in [5.41, 5.74) is 11.1. The third kappa shape index (κ3) is 3.62. The predicted molar refractivity (Wildman–Crippen MR) is 67.3 cm³/mol. The summed E-state index contributed by atoms with van der Waals surface area (Å²) in [6.07, 6.45) is 0.912. The minimum atomic E-state index is -0.658. The SMILES string of the molecule is CC(C)CCNc1cc(C(N)=O)c(N)cc1F. The Morgan fingerprint density at radius 1 is 1.47 bits per heavy atom. The Balaban J connectivity index is 2.84. The van der Waals surface area contributed by atoms with Gasteiger partial charge in [-0.3, -0.25) is 4.79 Å². The van der Waals surface area contributed by atoms with E-state index >= 15 is 0 Å². The van der Waals surface area contributed by atoms with Gasteiger partial charge in [0.2, 0.25) is 0 Å². The first-order chi connectivity index (χ1) is 7.91. The number of hydrogen-bond donors (Lipinski definition) is 3. The summed E-state index contributed by atoms with van der Waals surface area (Å²) < 4.78 is 13.5. The summed E-state index contributed by atoms with van der Waals surface area (Å²) in [7, 11) is 0. The molecule has 0 aliphatic rings. The number of nitrogens with one attached hydrogen (secondary N) is 1. The lowest BCUT2D eigenvalue weighted by atomic mass is 10.1. The Labute approximate surface area is 100 Å². The molecule has 0 unspecified atom stereocenters. The van der Waals surface area contributed by atoms with E-state index in [1.807, 2.05) is 0 Å². The Hall–Kier alpha value is -1.78. The molecule has 0 saturated heterocycles. The van der Waals surface area contributed by atoms with Crippen molar-refractivity contribution in [3.63, 3.8) is 0 Å². The van der Waals surface area contributed by atoms with Gasteiger partial charge in [-0.2, -0.15) is 0 Å². The van der Waals surface area contributed by atoms with Crippen LogP contribution in [0.2, 0.25) is 0 Å². The zero-order chi connectivity index (χ0) is 13.0. The Morgan fingerprint density at radius 3 is 2.65 bits per heavy atom. The third-order valence-electron chi connectivity index (χ3n) is 2.44. The van der Waals surface area contributed by atoms with Crippen molar-refractivity contribution < 1.29 is 9.18 Å². The largest absolute Gasteiger partial charge is 0.398 e. The number of amides is 1. The van der Waals surface area contributed by atoms with Crippen molar-refractivity contribution in [3.05, 3.63) is 23.5 Å². The number of halogens is 1. The smallest absolute Gasteiger partial charge is 0.250 e. The van der Waals surface area contributed by atoms with Crippen LogP contribution in [0.1, 0.15) is 30.6 Å². The molecule has 1 rings (SSSR count). The normalized spacial score (nSPS) is 10.6. The van der Waals surface area contributed by atoms with Gasteiger partial charge in [0.05, 0.1) is 11.3 Å². The molecule has 94 valence electrons. The maximum atomic E-state index is 13.5. The molecule has 1 amide bonds. The van der Waals surface area contributed by atoms with Gasteiger partial charge in [0, 0.05) is 12.2 Å². The van der Waals surface area contributed by atoms with Gasteiger partial charge >= 0.3 is 0 Å². The van der Waals surface area contributed by atoms with E-state index in [1.165, 1.54) is 6.07 Å². The predicted octanol–water partition coefficient (Wildman–Crippen LogP) is 1.96. The van der Waals surface area contributed by atoms with Crippen LogP contribution in [0.15, 0.2) is 12.1 Å². The molecule has 0 fully saturated rings. The lowest BCUT2D eigenvalue weighted by Gasteiger charge is -2.11. The summed E-state index contributed by atoms with van der Waals surface area (Å²) in [6.45, 7) is 4.79. The fourth-order valence-corrected chi connectivity index (χ4v) is 1.43. The maximum Gasteiger partial charge on any atom is 0.250 e. The molecule has 5 heteroatoms. The highest BCUT2D eigenvalue weighted by Crippen LogP contribution is 2.22. The summed E-state index contributed by atoms with van der Waals surface area (Å²) in [5, 5.41) is 2.93. The highest BCUT2D eigenvalue weighted by Gasteiger charge is 2.11. The quantitative estimate of drug-likeness (QED) is 0.687. The van der Waals surface area contributed by atoms with Crippen molar-refractivity contribution in [2.75, 3.05) is 17.6 Å². The number of carbonyl (C=O) groups excluding carboxylic acids is 1. The van der Waals surface area contributed by atoms with E-state index in [0.717, 1.165) is 12.5 Å². The summed E-state index contributed by atoms with van der Waals surface area (Å²) >= 11 is 0. The molecule has 0 radical (unpaired) electrons. The lowest BCUT2D eigenvalue weighted by Crippen LogP contribution is -2.15. The molecule has 17 heavy (non-hydrogen) atoms. The Morgan fingerprint density at radius 2 is 2.12 bits per heavy atom. The first-order valence-corrected chi connectivity index (χ1v) is 5.54. The van der Waals surface area contributed by atoms with Crippen molar-refractivity contribution in [1.82, 2.24) is 0 Å². The highest BCUT2D eigenvalue weighted by atomic mass is 19.1. The second-order valence-corrected chi connectivity index (χ2v) is 4.39. The van der Waals surface area contributed by atoms with Crippen molar-refractivity contribution in [2.45, 2.75) is 20.3 Å². The number of nitrogen functional groups attached to an aromatic ring is 1. The van der Waals surface area contributed by atoms with Crippen LogP contribution < -0.4 is 16.8 Å². The standard InChI is InChI=1S/C12H18FN3O/c1-7(2)3-4-16-11-5-8(12(15)17)10(14)6-9(11)13/h5-7,16H,3-4,14H2,1-2H3,(H2,15,17). The highest BCUT2D eigenvalue weighted by molar-refractivity contribution is 5.99. The molecule has 0 saturated carbocycles. The molecular weight excluding hydrogens is 221 g/mol. The third-order valence-corrected chi connectivity index (χ3v) is 2.44. The molecule has 0 aliphatic carbocycles. The van der Waals surface area contributed by atoms with Crippen LogP contribution in [0.5, 0.6) is 0 Å². The van der Waals surface area contributed by atoms with E-state index in [1.54, 1.807) is 0 Å². The van der Waals surface area contributed by atoms with Crippen molar-refractivity contribution in [1.29, 1.82) is 0 Å². The van der Waals surface area contributed by atoms with Gasteiger partial charge in [-0.1, -0.05) is 13.8 Å². The first-order valence-electron chi connectivity index (χ1n) is 5.54. The number of nitrogens with two attached hydrogens (primary N) is 2. The van der Waals surface area contributed by atoms with E-state index in [0.29, 0.717) is 12.5 Å². The van der Waals surface area contributed by atoms with E-state index in [2.05, 4.69) is 19.2 Å². The lowest BCUT2D eigenvalue weighted by molar-refractivity contribution is 0.100. The number of benzene rings is 1. The van der Waals surface area contributed by atoms with Gasteiger partial charge in [-0.25, -0.2) is 4.39 Å². The van der Waals surface area contributed by atoms with Crippen LogP contribution in [-0.2, 0) is 0 Å². The van der Waals surface area contributed by atoms with Gasteiger partial charge < -0.3 is 16.8 Å². The van der Waals surface area contributed by atoms with E-state index in [9.17, 15) is 9.18 Å². The van der Waals surface area contributed by atoms with Crippen LogP contribution in [0, 0.1) is 11.7 Å². The number of primary amides is 1. The van der Waals surface area contributed by atoms with Gasteiger partial charge in [0.25, 0.3) is 5.91 Å². The molecule has 0 bridgehead atoms. The number of hydrogen-bond acceptors (Lipinski definition) is 3. The fourth-order valence-electron chi connectivity index (χ4n) is 1.43. The minimum Gasteiger partial charge on any atom is -0.398 e. The van der Waals surface area contributed by atoms with Gasteiger partial charge in [0.1, 0.15) is 5.82 Å².